The number of rotatable bonds is 10. The van der Waals surface area contributed by atoms with Gasteiger partial charge in [-0.2, -0.15) is 0 Å². The molecule has 20 atom stereocenters. The van der Waals surface area contributed by atoms with Crippen molar-refractivity contribution in [3.05, 3.63) is 0 Å². The molecular weight excluding hydrogens is 624 g/mol. The highest BCUT2D eigenvalue weighted by Crippen LogP contribution is 2.29. The molecule has 0 aromatic rings. The van der Waals surface area contributed by atoms with Crippen molar-refractivity contribution >= 4 is 0 Å². The Balaban J connectivity index is 1.33. The van der Waals surface area contributed by atoms with Crippen LogP contribution in [0.25, 0.3) is 0 Å². The minimum Gasteiger partial charge on any atom is -0.394 e. The van der Waals surface area contributed by atoms with Gasteiger partial charge in [0.05, 0.1) is 26.4 Å². The molecule has 0 saturated carbocycles. The van der Waals surface area contributed by atoms with Crippen molar-refractivity contribution in [2.24, 2.45) is 0 Å². The van der Waals surface area contributed by atoms with Crippen LogP contribution < -0.4 is 0 Å². The molecular formula is C24H42O21. The standard InChI is InChI=1S/C24H42O21/c25-1-5-9(26)14(31)18(35)22(43-5)40-3-7-11(28)16(33)20(37)24(45-7)41-4-8-12(29)15(32)19(36)23(44-8)39-2-6-10(27)13(30)17(34)21(38)42-6/h5-38H,1-4H2/t5-,6-,7-,8-,9-,10-,11-,12-,13+,14+,15+,16+,17+,18+,19+,20+,21+,22+,23+,24+/m0/s1. The molecule has 4 rings (SSSR count). The molecule has 21 heteroatoms. The molecule has 4 saturated heterocycles. The van der Waals surface area contributed by atoms with E-state index in [1.54, 1.807) is 0 Å². The predicted octanol–water partition coefficient (Wildman–Crippen LogP) is -9.75. The minimum absolute atomic E-state index is 0.633. The molecule has 4 heterocycles. The molecule has 4 aliphatic heterocycles. The van der Waals surface area contributed by atoms with Gasteiger partial charge in [-0.3, -0.25) is 0 Å². The van der Waals surface area contributed by atoms with E-state index in [1.807, 2.05) is 0 Å². The molecule has 4 fully saturated rings. The predicted molar refractivity (Wildman–Crippen MR) is 134 cm³/mol. The van der Waals surface area contributed by atoms with Gasteiger partial charge in [0.15, 0.2) is 25.2 Å². The van der Waals surface area contributed by atoms with Crippen molar-refractivity contribution in [2.45, 2.75) is 123 Å². The second kappa shape index (κ2) is 15.6. The van der Waals surface area contributed by atoms with Crippen molar-refractivity contribution in [3.8, 4) is 0 Å². The van der Waals surface area contributed by atoms with Gasteiger partial charge in [0.2, 0.25) is 0 Å². The van der Waals surface area contributed by atoms with Crippen LogP contribution in [-0.4, -0.2) is 221 Å². The summed E-state index contributed by atoms with van der Waals surface area (Å²) in [5, 5.41) is 141. The fraction of sp³-hybridized carbons (Fsp3) is 1.00. The third kappa shape index (κ3) is 7.91. The normalized spacial score (nSPS) is 52.9. The van der Waals surface area contributed by atoms with Crippen LogP contribution in [0.4, 0.5) is 0 Å². The molecule has 21 nitrogen and oxygen atoms in total. The number of hydrogen-bond donors (Lipinski definition) is 14. The van der Waals surface area contributed by atoms with Crippen LogP contribution in [0.5, 0.6) is 0 Å². The SMILES string of the molecule is OC[C@@H]1O[C@@H](OC[C@@H]2O[C@@H](OC[C@@H]3O[C@@H](OC[C@@H]4O[C@@H](O)[C@H](O)[C@H](O)[C@H]4O)[C@H](O)[C@H](O)[C@H]3O)[C@H](O)[C@H](O)[C@H]2O)[C@H](O)[C@H](O)[C@H]1O. The lowest BCUT2D eigenvalue weighted by atomic mass is 9.98. The van der Waals surface area contributed by atoms with Crippen molar-refractivity contribution in [1.29, 1.82) is 0 Å². The van der Waals surface area contributed by atoms with Crippen LogP contribution in [0.1, 0.15) is 0 Å². The molecule has 0 aromatic heterocycles. The Morgan fingerprint density at radius 3 is 0.978 bits per heavy atom. The van der Waals surface area contributed by atoms with E-state index < -0.39 is 149 Å². The fourth-order valence-electron chi connectivity index (χ4n) is 5.23. The zero-order valence-electron chi connectivity index (χ0n) is 23.5. The smallest absolute Gasteiger partial charge is 0.186 e. The summed E-state index contributed by atoms with van der Waals surface area (Å²) in [4.78, 5) is 0. The Hall–Kier alpha value is -0.840. The molecule has 264 valence electrons. The monoisotopic (exact) mass is 666 g/mol. The van der Waals surface area contributed by atoms with E-state index in [-0.39, 0.29) is 0 Å². The van der Waals surface area contributed by atoms with Crippen molar-refractivity contribution in [2.75, 3.05) is 26.4 Å². The van der Waals surface area contributed by atoms with Crippen molar-refractivity contribution < 1.29 is 105 Å². The molecule has 0 radical (unpaired) electrons. The van der Waals surface area contributed by atoms with Gasteiger partial charge in [-0.1, -0.05) is 0 Å². The molecule has 0 unspecified atom stereocenters. The van der Waals surface area contributed by atoms with Gasteiger partial charge in [-0.05, 0) is 0 Å². The lowest BCUT2D eigenvalue weighted by Gasteiger charge is -2.44. The summed E-state index contributed by atoms with van der Waals surface area (Å²) in [5.41, 5.74) is 0. The topological polar surface area (TPSA) is 348 Å². The first-order valence-electron chi connectivity index (χ1n) is 14.1. The Kier molecular flexibility index (Phi) is 12.8. The Bertz CT molecular complexity index is 916. The third-order valence-corrected chi connectivity index (χ3v) is 8.15. The van der Waals surface area contributed by atoms with E-state index in [0.29, 0.717) is 0 Å². The van der Waals surface area contributed by atoms with Crippen LogP contribution in [0.15, 0.2) is 0 Å². The van der Waals surface area contributed by atoms with E-state index in [2.05, 4.69) is 0 Å². The first-order valence-corrected chi connectivity index (χ1v) is 14.1. The lowest BCUT2D eigenvalue weighted by molar-refractivity contribution is -0.346. The number of hydrogen-bond acceptors (Lipinski definition) is 21. The van der Waals surface area contributed by atoms with E-state index in [0.717, 1.165) is 0 Å². The first kappa shape index (κ1) is 37.0. The number of ether oxygens (including phenoxy) is 7. The largest absolute Gasteiger partial charge is 0.394 e. The van der Waals surface area contributed by atoms with Gasteiger partial charge in [0.25, 0.3) is 0 Å². The lowest BCUT2D eigenvalue weighted by Crippen LogP contribution is -2.63. The van der Waals surface area contributed by atoms with Crippen LogP contribution >= 0.6 is 0 Å². The molecule has 0 amide bonds. The summed E-state index contributed by atoms with van der Waals surface area (Å²) in [7, 11) is 0. The molecule has 0 aliphatic carbocycles. The van der Waals surface area contributed by atoms with E-state index >= 15 is 0 Å². The van der Waals surface area contributed by atoms with E-state index in [9.17, 15) is 71.5 Å². The highest BCUT2D eigenvalue weighted by molar-refractivity contribution is 4.94. The Morgan fingerprint density at radius 2 is 0.622 bits per heavy atom. The number of aliphatic hydroxyl groups is 14. The molecule has 0 spiro atoms. The molecule has 0 aromatic carbocycles. The molecule has 45 heavy (non-hydrogen) atoms. The van der Waals surface area contributed by atoms with Gasteiger partial charge in [0.1, 0.15) is 97.7 Å². The van der Waals surface area contributed by atoms with Crippen LogP contribution in [-0.2, 0) is 33.2 Å². The quantitative estimate of drug-likeness (QED) is 0.103. The Morgan fingerprint density at radius 1 is 0.333 bits per heavy atom. The van der Waals surface area contributed by atoms with Crippen molar-refractivity contribution in [1.82, 2.24) is 0 Å². The molecule has 4 aliphatic rings. The number of aliphatic hydroxyl groups excluding tert-OH is 14. The van der Waals surface area contributed by atoms with Gasteiger partial charge < -0.3 is 105 Å². The average molecular weight is 667 g/mol. The van der Waals surface area contributed by atoms with Crippen LogP contribution in [0, 0.1) is 0 Å². The minimum atomic E-state index is -1.88. The maximum Gasteiger partial charge on any atom is 0.186 e. The summed E-state index contributed by atoms with van der Waals surface area (Å²) in [6, 6.07) is 0. The second-order valence-corrected chi connectivity index (χ2v) is 11.3. The summed E-state index contributed by atoms with van der Waals surface area (Å²) < 4.78 is 37.2. The van der Waals surface area contributed by atoms with Gasteiger partial charge in [-0.25, -0.2) is 0 Å². The average Bonchev–Trinajstić information content (AvgIpc) is 3.02. The molecule has 14 N–H and O–H groups in total. The zero-order valence-corrected chi connectivity index (χ0v) is 23.5. The maximum absolute atomic E-state index is 10.4. The highest BCUT2D eigenvalue weighted by atomic mass is 16.7. The van der Waals surface area contributed by atoms with Gasteiger partial charge in [-0.15, -0.1) is 0 Å². The summed E-state index contributed by atoms with van der Waals surface area (Å²) in [6.07, 6.45) is -34.1. The van der Waals surface area contributed by atoms with Gasteiger partial charge >= 0.3 is 0 Å². The maximum atomic E-state index is 10.4. The first-order chi connectivity index (χ1) is 21.2. The Labute approximate surface area is 254 Å². The van der Waals surface area contributed by atoms with Crippen LogP contribution in [0.3, 0.4) is 0 Å². The van der Waals surface area contributed by atoms with Crippen molar-refractivity contribution in [3.63, 3.8) is 0 Å². The summed E-state index contributed by atoms with van der Waals surface area (Å²) in [5.74, 6) is 0. The third-order valence-electron chi connectivity index (χ3n) is 8.15. The summed E-state index contributed by atoms with van der Waals surface area (Å²) >= 11 is 0. The zero-order chi connectivity index (χ0) is 33.3. The van der Waals surface area contributed by atoms with Crippen LogP contribution in [0.2, 0.25) is 0 Å². The van der Waals surface area contributed by atoms with E-state index in [4.69, 9.17) is 33.2 Å². The van der Waals surface area contributed by atoms with Gasteiger partial charge in [0, 0.05) is 0 Å². The highest BCUT2D eigenvalue weighted by Gasteiger charge is 2.50. The molecule has 0 bridgehead atoms. The summed E-state index contributed by atoms with van der Waals surface area (Å²) in [6.45, 7) is -2.67. The van der Waals surface area contributed by atoms with E-state index in [1.165, 1.54) is 0 Å². The fourth-order valence-corrected chi connectivity index (χ4v) is 5.23. The second-order valence-electron chi connectivity index (χ2n) is 11.3.